The standard InChI is InChI=1S/C15H12N2O3/c1-8-14(11-6-10(18)3-5-12(11)17-8)13-4-2-9(7-16-13)15(19)20/h2-7,17-18H,1H3,(H,19,20). The number of rotatable bonds is 2. The van der Waals surface area contributed by atoms with Crippen molar-refractivity contribution in [2.75, 3.05) is 0 Å². The summed E-state index contributed by atoms with van der Waals surface area (Å²) in [5, 5.41) is 19.4. The summed E-state index contributed by atoms with van der Waals surface area (Å²) in [6, 6.07) is 8.27. The number of aromatic amines is 1. The topological polar surface area (TPSA) is 86.2 Å². The maximum absolute atomic E-state index is 10.8. The van der Waals surface area contributed by atoms with Gasteiger partial charge in [-0.15, -0.1) is 0 Å². The van der Waals surface area contributed by atoms with Crippen molar-refractivity contribution in [2.45, 2.75) is 6.92 Å². The molecule has 0 spiro atoms. The molecule has 0 saturated heterocycles. The molecule has 0 fully saturated rings. The van der Waals surface area contributed by atoms with Crippen molar-refractivity contribution in [3.8, 4) is 17.0 Å². The van der Waals surface area contributed by atoms with Crippen LogP contribution in [0.2, 0.25) is 0 Å². The number of pyridine rings is 1. The first-order valence-electron chi connectivity index (χ1n) is 6.07. The van der Waals surface area contributed by atoms with Crippen molar-refractivity contribution in [3.05, 3.63) is 47.8 Å². The highest BCUT2D eigenvalue weighted by atomic mass is 16.4. The molecule has 3 aromatic rings. The molecule has 100 valence electrons. The van der Waals surface area contributed by atoms with E-state index in [9.17, 15) is 9.90 Å². The predicted molar refractivity (Wildman–Crippen MR) is 74.9 cm³/mol. The van der Waals surface area contributed by atoms with Crippen LogP contribution >= 0.6 is 0 Å². The Balaban J connectivity index is 2.20. The van der Waals surface area contributed by atoms with Crippen molar-refractivity contribution >= 4 is 16.9 Å². The van der Waals surface area contributed by atoms with Gasteiger partial charge in [0.2, 0.25) is 0 Å². The van der Waals surface area contributed by atoms with E-state index in [0.717, 1.165) is 22.2 Å². The van der Waals surface area contributed by atoms with E-state index in [0.29, 0.717) is 5.69 Å². The van der Waals surface area contributed by atoms with Gasteiger partial charge in [-0.2, -0.15) is 0 Å². The zero-order valence-electron chi connectivity index (χ0n) is 10.7. The summed E-state index contributed by atoms with van der Waals surface area (Å²) in [5.74, 6) is -0.822. The molecular formula is C15H12N2O3. The van der Waals surface area contributed by atoms with Crippen molar-refractivity contribution < 1.29 is 15.0 Å². The molecular weight excluding hydrogens is 256 g/mol. The fourth-order valence-electron chi connectivity index (χ4n) is 2.31. The molecule has 0 unspecified atom stereocenters. The molecule has 5 nitrogen and oxygen atoms in total. The Morgan fingerprint density at radius 1 is 1.25 bits per heavy atom. The summed E-state index contributed by atoms with van der Waals surface area (Å²) in [6.07, 6.45) is 1.33. The van der Waals surface area contributed by atoms with E-state index >= 15 is 0 Å². The van der Waals surface area contributed by atoms with Crippen LogP contribution in [0.25, 0.3) is 22.2 Å². The molecule has 0 saturated carbocycles. The molecule has 0 amide bonds. The van der Waals surface area contributed by atoms with E-state index in [-0.39, 0.29) is 11.3 Å². The molecule has 3 N–H and O–H groups in total. The highest BCUT2D eigenvalue weighted by Crippen LogP contribution is 2.32. The third kappa shape index (κ3) is 1.89. The summed E-state index contributed by atoms with van der Waals surface area (Å²) in [7, 11) is 0. The lowest BCUT2D eigenvalue weighted by molar-refractivity contribution is 0.0696. The van der Waals surface area contributed by atoms with Crippen LogP contribution in [0, 0.1) is 6.92 Å². The van der Waals surface area contributed by atoms with Crippen LogP contribution in [0.4, 0.5) is 0 Å². The van der Waals surface area contributed by atoms with Crippen LogP contribution in [0.1, 0.15) is 16.1 Å². The van der Waals surface area contributed by atoms with Gasteiger partial charge in [0.15, 0.2) is 0 Å². The lowest BCUT2D eigenvalue weighted by Crippen LogP contribution is -1.97. The van der Waals surface area contributed by atoms with Gasteiger partial charge in [-0.25, -0.2) is 4.79 Å². The van der Waals surface area contributed by atoms with Gasteiger partial charge in [-0.05, 0) is 37.3 Å². The number of hydrogen-bond donors (Lipinski definition) is 3. The molecule has 5 heteroatoms. The Labute approximate surface area is 114 Å². The highest BCUT2D eigenvalue weighted by molar-refractivity contribution is 5.97. The summed E-state index contributed by atoms with van der Waals surface area (Å²) in [4.78, 5) is 18.3. The summed E-state index contributed by atoms with van der Waals surface area (Å²) in [6.45, 7) is 1.92. The van der Waals surface area contributed by atoms with Crippen molar-refractivity contribution in [1.29, 1.82) is 0 Å². The first-order valence-corrected chi connectivity index (χ1v) is 6.07. The highest BCUT2D eigenvalue weighted by Gasteiger charge is 2.13. The Hall–Kier alpha value is -2.82. The summed E-state index contributed by atoms with van der Waals surface area (Å²) >= 11 is 0. The molecule has 0 aliphatic carbocycles. The van der Waals surface area contributed by atoms with E-state index in [1.807, 2.05) is 6.92 Å². The number of nitrogens with zero attached hydrogens (tertiary/aromatic N) is 1. The fraction of sp³-hybridized carbons (Fsp3) is 0.0667. The maximum atomic E-state index is 10.8. The van der Waals surface area contributed by atoms with Gasteiger partial charge >= 0.3 is 5.97 Å². The number of fused-ring (bicyclic) bond motifs is 1. The second-order valence-electron chi connectivity index (χ2n) is 4.59. The molecule has 0 aliphatic rings. The Bertz CT molecular complexity index is 804. The minimum atomic E-state index is -1.00. The Morgan fingerprint density at radius 2 is 2.05 bits per heavy atom. The Kier molecular flexibility index (Phi) is 2.68. The molecule has 1 aromatic carbocycles. The van der Waals surface area contributed by atoms with Crippen LogP contribution in [0.15, 0.2) is 36.5 Å². The largest absolute Gasteiger partial charge is 0.508 e. The van der Waals surface area contributed by atoms with E-state index in [1.54, 1.807) is 24.3 Å². The number of aryl methyl sites for hydroxylation is 1. The lowest BCUT2D eigenvalue weighted by atomic mass is 10.1. The molecule has 0 radical (unpaired) electrons. The molecule has 2 aromatic heterocycles. The number of aromatic hydroxyl groups is 1. The van der Waals surface area contributed by atoms with Gasteiger partial charge < -0.3 is 15.2 Å². The first kappa shape index (κ1) is 12.2. The van der Waals surface area contributed by atoms with E-state index in [4.69, 9.17) is 5.11 Å². The average molecular weight is 268 g/mol. The monoisotopic (exact) mass is 268 g/mol. The quantitative estimate of drug-likeness (QED) is 0.667. The number of carboxylic acids is 1. The fourth-order valence-corrected chi connectivity index (χ4v) is 2.31. The van der Waals surface area contributed by atoms with Crippen LogP contribution in [0.5, 0.6) is 5.75 Å². The van der Waals surface area contributed by atoms with Crippen molar-refractivity contribution in [3.63, 3.8) is 0 Å². The third-order valence-electron chi connectivity index (χ3n) is 3.24. The third-order valence-corrected chi connectivity index (χ3v) is 3.24. The van der Waals surface area contributed by atoms with Gasteiger partial charge in [0.1, 0.15) is 5.75 Å². The smallest absolute Gasteiger partial charge is 0.337 e. The maximum Gasteiger partial charge on any atom is 0.337 e. The lowest BCUT2D eigenvalue weighted by Gasteiger charge is -2.02. The first-order chi connectivity index (χ1) is 9.56. The number of hydrogen-bond acceptors (Lipinski definition) is 3. The minimum Gasteiger partial charge on any atom is -0.508 e. The number of phenols is 1. The number of nitrogens with one attached hydrogen (secondary N) is 1. The Morgan fingerprint density at radius 3 is 2.70 bits per heavy atom. The van der Waals surface area contributed by atoms with Gasteiger partial charge in [0, 0.05) is 28.4 Å². The van der Waals surface area contributed by atoms with Crippen LogP contribution < -0.4 is 0 Å². The number of phenolic OH excluding ortho intramolecular Hbond substituents is 1. The average Bonchev–Trinajstić information content (AvgIpc) is 2.74. The number of aromatic nitrogens is 2. The van der Waals surface area contributed by atoms with E-state index < -0.39 is 5.97 Å². The number of carboxylic acid groups (broad SMARTS) is 1. The molecule has 20 heavy (non-hydrogen) atoms. The van der Waals surface area contributed by atoms with Crippen molar-refractivity contribution in [2.24, 2.45) is 0 Å². The number of aromatic carboxylic acids is 1. The van der Waals surface area contributed by atoms with Gasteiger partial charge in [0.05, 0.1) is 11.3 Å². The van der Waals surface area contributed by atoms with Crippen LogP contribution in [-0.4, -0.2) is 26.2 Å². The zero-order chi connectivity index (χ0) is 14.3. The van der Waals surface area contributed by atoms with Gasteiger partial charge in [-0.3, -0.25) is 4.98 Å². The summed E-state index contributed by atoms with van der Waals surface area (Å²) in [5.41, 5.74) is 3.51. The molecule has 3 rings (SSSR count). The minimum absolute atomic E-state index is 0.147. The van der Waals surface area contributed by atoms with Gasteiger partial charge in [-0.1, -0.05) is 0 Å². The SMILES string of the molecule is Cc1[nH]c2ccc(O)cc2c1-c1ccc(C(=O)O)cn1. The molecule has 0 aliphatic heterocycles. The van der Waals surface area contributed by atoms with Crippen LogP contribution in [-0.2, 0) is 0 Å². The predicted octanol–water partition coefficient (Wildman–Crippen LogP) is 2.94. The molecule has 0 atom stereocenters. The number of benzene rings is 1. The second kappa shape index (κ2) is 4.38. The summed E-state index contributed by atoms with van der Waals surface area (Å²) < 4.78 is 0. The van der Waals surface area contributed by atoms with Crippen LogP contribution in [0.3, 0.4) is 0 Å². The zero-order valence-corrected chi connectivity index (χ0v) is 10.7. The normalized spacial score (nSPS) is 10.8. The molecule has 0 bridgehead atoms. The van der Waals surface area contributed by atoms with Gasteiger partial charge in [0.25, 0.3) is 0 Å². The van der Waals surface area contributed by atoms with E-state index in [2.05, 4.69) is 9.97 Å². The number of carbonyl (C=O) groups is 1. The molecule has 2 heterocycles. The van der Waals surface area contributed by atoms with Crippen molar-refractivity contribution in [1.82, 2.24) is 9.97 Å². The second-order valence-corrected chi connectivity index (χ2v) is 4.59. The number of H-pyrrole nitrogens is 1. The van der Waals surface area contributed by atoms with E-state index in [1.165, 1.54) is 12.3 Å².